The molecule has 3 aromatic heterocycles. The Morgan fingerprint density at radius 2 is 2.04 bits per heavy atom. The fraction of sp³-hybridized carbons (Fsp3) is 0.471. The van der Waals surface area contributed by atoms with Crippen LogP contribution in [0.25, 0.3) is 5.78 Å². The summed E-state index contributed by atoms with van der Waals surface area (Å²) in [6.07, 6.45) is 6.71. The van der Waals surface area contributed by atoms with Gasteiger partial charge in [0.1, 0.15) is 12.1 Å². The second-order valence-corrected chi connectivity index (χ2v) is 6.76. The highest BCUT2D eigenvalue weighted by Gasteiger charge is 2.27. The first-order valence-electron chi connectivity index (χ1n) is 8.71. The number of carbonyl (C=O) groups is 1. The van der Waals surface area contributed by atoms with E-state index >= 15 is 0 Å². The summed E-state index contributed by atoms with van der Waals surface area (Å²) in [6, 6.07) is 2.25. The van der Waals surface area contributed by atoms with Crippen LogP contribution in [0, 0.1) is 6.92 Å². The lowest BCUT2D eigenvalue weighted by atomic mass is 10.0. The molecular formula is C17H22N8O. The summed E-state index contributed by atoms with van der Waals surface area (Å²) in [6.45, 7) is 3.67. The first-order chi connectivity index (χ1) is 12.5. The number of amides is 1. The lowest BCUT2D eigenvalue weighted by Crippen LogP contribution is -2.46. The number of nitrogens with zero attached hydrogens (tertiary/aromatic N) is 8. The largest absolute Gasteiger partial charge is 0.356 e. The van der Waals surface area contributed by atoms with Gasteiger partial charge in [-0.15, -0.1) is 0 Å². The highest BCUT2D eigenvalue weighted by Crippen LogP contribution is 2.23. The van der Waals surface area contributed by atoms with Gasteiger partial charge >= 0.3 is 0 Å². The van der Waals surface area contributed by atoms with Gasteiger partial charge in [0.2, 0.25) is 0 Å². The van der Waals surface area contributed by atoms with E-state index in [1.807, 2.05) is 32.0 Å². The molecule has 0 saturated carbocycles. The Morgan fingerprint density at radius 3 is 2.73 bits per heavy atom. The van der Waals surface area contributed by atoms with Crippen molar-refractivity contribution >= 4 is 17.5 Å². The van der Waals surface area contributed by atoms with E-state index < -0.39 is 0 Å². The van der Waals surface area contributed by atoms with E-state index in [0.29, 0.717) is 11.3 Å². The maximum absolute atomic E-state index is 12.6. The number of carbonyl (C=O) groups excluding carboxylic acids is 1. The first-order valence-corrected chi connectivity index (χ1v) is 8.71. The van der Waals surface area contributed by atoms with Crippen molar-refractivity contribution in [2.24, 2.45) is 7.05 Å². The van der Waals surface area contributed by atoms with E-state index in [4.69, 9.17) is 0 Å². The minimum absolute atomic E-state index is 0.0231. The molecule has 1 amide bonds. The SMILES string of the molecule is Cc1cc(N2CCC(N(C)C(=O)c3cnn(C)c3)CC2)n2ncnc2n1. The fourth-order valence-corrected chi connectivity index (χ4v) is 3.52. The van der Waals surface area contributed by atoms with Crippen LogP contribution in [0.1, 0.15) is 28.9 Å². The second-order valence-electron chi connectivity index (χ2n) is 6.76. The standard InChI is InChI=1S/C17H22N8O/c1-12-8-15(25-17(21-12)18-11-20-25)24-6-4-14(5-7-24)23(3)16(26)13-9-19-22(2)10-13/h8-11,14H,4-7H2,1-3H3. The van der Waals surface area contributed by atoms with E-state index in [2.05, 4.69) is 25.1 Å². The zero-order valence-corrected chi connectivity index (χ0v) is 15.2. The third kappa shape index (κ3) is 2.89. The van der Waals surface area contributed by atoms with Crippen molar-refractivity contribution in [2.45, 2.75) is 25.8 Å². The Morgan fingerprint density at radius 1 is 1.27 bits per heavy atom. The lowest BCUT2D eigenvalue weighted by Gasteiger charge is -2.37. The van der Waals surface area contributed by atoms with Gasteiger partial charge in [-0.1, -0.05) is 0 Å². The molecule has 136 valence electrons. The Bertz CT molecular complexity index is 937. The molecule has 9 heteroatoms. The number of hydrogen-bond acceptors (Lipinski definition) is 6. The summed E-state index contributed by atoms with van der Waals surface area (Å²) in [5, 5.41) is 8.38. The van der Waals surface area contributed by atoms with Gasteiger partial charge in [-0.25, -0.2) is 4.98 Å². The molecule has 1 fully saturated rings. The minimum Gasteiger partial charge on any atom is -0.356 e. The summed E-state index contributed by atoms with van der Waals surface area (Å²) < 4.78 is 3.43. The van der Waals surface area contributed by atoms with E-state index in [1.54, 1.807) is 21.6 Å². The Balaban J connectivity index is 1.47. The molecule has 0 atom stereocenters. The van der Waals surface area contributed by atoms with Gasteiger partial charge in [0.15, 0.2) is 0 Å². The van der Waals surface area contributed by atoms with Gasteiger partial charge in [-0.3, -0.25) is 9.48 Å². The van der Waals surface area contributed by atoms with Crippen molar-refractivity contribution in [2.75, 3.05) is 25.0 Å². The van der Waals surface area contributed by atoms with Crippen molar-refractivity contribution in [3.63, 3.8) is 0 Å². The third-order valence-electron chi connectivity index (χ3n) is 4.97. The molecule has 0 N–H and O–H groups in total. The maximum Gasteiger partial charge on any atom is 0.257 e. The molecule has 26 heavy (non-hydrogen) atoms. The number of anilines is 1. The first kappa shape index (κ1) is 16.5. The lowest BCUT2D eigenvalue weighted by molar-refractivity contribution is 0.0709. The summed E-state index contributed by atoms with van der Waals surface area (Å²) in [5.41, 5.74) is 1.55. The quantitative estimate of drug-likeness (QED) is 0.695. The van der Waals surface area contributed by atoms with Gasteiger partial charge in [0, 0.05) is 51.2 Å². The van der Waals surface area contributed by atoms with Crippen LogP contribution in [0.2, 0.25) is 0 Å². The van der Waals surface area contributed by atoms with Crippen molar-refractivity contribution in [3.05, 3.63) is 36.0 Å². The number of piperidine rings is 1. The average Bonchev–Trinajstić information content (AvgIpc) is 3.28. The maximum atomic E-state index is 12.6. The molecule has 0 aliphatic carbocycles. The van der Waals surface area contributed by atoms with E-state index in [0.717, 1.165) is 37.4 Å². The molecule has 0 spiro atoms. The van der Waals surface area contributed by atoms with Crippen molar-refractivity contribution in [1.82, 2.24) is 34.3 Å². The molecule has 3 aromatic rings. The third-order valence-corrected chi connectivity index (χ3v) is 4.97. The van der Waals surface area contributed by atoms with Crippen LogP contribution in [-0.4, -0.2) is 66.3 Å². The summed E-state index contributed by atoms with van der Waals surface area (Å²) in [7, 11) is 3.69. The molecule has 0 aromatic carbocycles. The summed E-state index contributed by atoms with van der Waals surface area (Å²) >= 11 is 0. The zero-order valence-electron chi connectivity index (χ0n) is 15.2. The average molecular weight is 354 g/mol. The number of rotatable bonds is 3. The predicted molar refractivity (Wildman–Crippen MR) is 96.1 cm³/mol. The molecule has 4 heterocycles. The van der Waals surface area contributed by atoms with E-state index in [1.165, 1.54) is 6.33 Å². The number of aryl methyl sites for hydroxylation is 2. The minimum atomic E-state index is 0.0231. The number of aromatic nitrogens is 6. The van der Waals surface area contributed by atoms with Gasteiger partial charge in [0.25, 0.3) is 11.7 Å². The topological polar surface area (TPSA) is 84.5 Å². The van der Waals surface area contributed by atoms with Crippen LogP contribution >= 0.6 is 0 Å². The molecule has 4 rings (SSSR count). The second kappa shape index (κ2) is 6.40. The molecular weight excluding hydrogens is 332 g/mol. The van der Waals surface area contributed by atoms with E-state index in [9.17, 15) is 4.79 Å². The number of fused-ring (bicyclic) bond motifs is 1. The normalized spacial score (nSPS) is 15.6. The van der Waals surface area contributed by atoms with Crippen LogP contribution in [0.5, 0.6) is 0 Å². The molecule has 0 unspecified atom stereocenters. The summed E-state index contributed by atoms with van der Waals surface area (Å²) in [4.78, 5) is 25.3. The predicted octanol–water partition coefficient (Wildman–Crippen LogP) is 0.907. The van der Waals surface area contributed by atoms with Crippen molar-refractivity contribution in [3.8, 4) is 0 Å². The molecule has 1 aliphatic rings. The van der Waals surface area contributed by atoms with Gasteiger partial charge in [-0.05, 0) is 19.8 Å². The molecule has 0 radical (unpaired) electrons. The van der Waals surface area contributed by atoms with Crippen LogP contribution < -0.4 is 4.90 Å². The zero-order chi connectivity index (χ0) is 18.3. The van der Waals surface area contributed by atoms with E-state index in [-0.39, 0.29) is 11.9 Å². The van der Waals surface area contributed by atoms with Gasteiger partial charge < -0.3 is 9.80 Å². The molecule has 9 nitrogen and oxygen atoms in total. The van der Waals surface area contributed by atoms with Crippen LogP contribution in [0.3, 0.4) is 0 Å². The molecule has 1 aliphatic heterocycles. The Hall–Kier alpha value is -2.97. The van der Waals surface area contributed by atoms with Gasteiger partial charge in [-0.2, -0.15) is 19.7 Å². The van der Waals surface area contributed by atoms with Crippen LogP contribution in [0.4, 0.5) is 5.82 Å². The number of hydrogen-bond donors (Lipinski definition) is 0. The fourth-order valence-electron chi connectivity index (χ4n) is 3.52. The molecule has 0 bridgehead atoms. The highest BCUT2D eigenvalue weighted by molar-refractivity contribution is 5.93. The van der Waals surface area contributed by atoms with Crippen LogP contribution in [-0.2, 0) is 7.05 Å². The monoisotopic (exact) mass is 354 g/mol. The summed E-state index contributed by atoms with van der Waals surface area (Å²) in [5.74, 6) is 1.64. The van der Waals surface area contributed by atoms with Crippen LogP contribution in [0.15, 0.2) is 24.8 Å². The Kier molecular flexibility index (Phi) is 4.06. The smallest absolute Gasteiger partial charge is 0.257 e. The Labute approximate surface area is 151 Å². The molecule has 1 saturated heterocycles. The van der Waals surface area contributed by atoms with Gasteiger partial charge in [0.05, 0.1) is 11.8 Å². The van der Waals surface area contributed by atoms with Crippen molar-refractivity contribution < 1.29 is 4.79 Å². The highest BCUT2D eigenvalue weighted by atomic mass is 16.2. The van der Waals surface area contributed by atoms with Crippen molar-refractivity contribution in [1.29, 1.82) is 0 Å².